The maximum absolute atomic E-state index is 12.0. The number of para-hydroxylation sites is 1. The summed E-state index contributed by atoms with van der Waals surface area (Å²) in [5, 5.41) is 2.86. The van der Waals surface area contributed by atoms with Crippen molar-refractivity contribution in [2.24, 2.45) is 5.73 Å². The fourth-order valence-electron chi connectivity index (χ4n) is 1.70. The number of carbonyl (C=O) groups is 1. The average Bonchev–Trinajstić information content (AvgIpc) is 2.37. The Labute approximate surface area is 115 Å². The molecule has 2 unspecified atom stereocenters. The monoisotopic (exact) mass is 264 g/mol. The van der Waals surface area contributed by atoms with Crippen molar-refractivity contribution in [3.63, 3.8) is 0 Å². The van der Waals surface area contributed by atoms with Crippen molar-refractivity contribution < 1.29 is 9.53 Å². The Morgan fingerprint density at radius 1 is 1.42 bits per heavy atom. The summed E-state index contributed by atoms with van der Waals surface area (Å²) < 4.78 is 5.77. The number of aryl methyl sites for hydroxylation is 1. The molecule has 1 amide bonds. The van der Waals surface area contributed by atoms with Gasteiger partial charge in [-0.15, -0.1) is 0 Å². The first kappa shape index (κ1) is 15.5. The van der Waals surface area contributed by atoms with Crippen LogP contribution in [0.4, 0.5) is 0 Å². The first-order valence-corrected chi connectivity index (χ1v) is 6.80. The van der Waals surface area contributed by atoms with Crippen LogP contribution in [0.1, 0.15) is 32.3 Å². The van der Waals surface area contributed by atoms with Crippen LogP contribution in [-0.2, 0) is 4.79 Å². The number of nitrogens with two attached hydrogens (primary N) is 1. The zero-order valence-corrected chi connectivity index (χ0v) is 12.0. The number of benzene rings is 1. The van der Waals surface area contributed by atoms with Crippen molar-refractivity contribution >= 4 is 5.91 Å². The van der Waals surface area contributed by atoms with Crippen molar-refractivity contribution in [2.75, 3.05) is 6.54 Å². The van der Waals surface area contributed by atoms with E-state index in [1.807, 2.05) is 45.0 Å². The predicted molar refractivity (Wildman–Crippen MR) is 77.2 cm³/mol. The molecule has 0 aromatic heterocycles. The normalized spacial score (nSPS) is 13.7. The van der Waals surface area contributed by atoms with Crippen LogP contribution in [0.2, 0.25) is 0 Å². The van der Waals surface area contributed by atoms with Gasteiger partial charge in [-0.3, -0.25) is 4.79 Å². The van der Waals surface area contributed by atoms with Crippen molar-refractivity contribution in [3.8, 4) is 5.75 Å². The van der Waals surface area contributed by atoms with Gasteiger partial charge in [-0.25, -0.2) is 0 Å². The molecular weight excluding hydrogens is 240 g/mol. The molecule has 3 N–H and O–H groups in total. The molecule has 1 rings (SSSR count). The molecule has 0 fully saturated rings. The Kier molecular flexibility index (Phi) is 6.36. The number of hydrogen-bond donors (Lipinski definition) is 2. The van der Waals surface area contributed by atoms with Gasteiger partial charge in [0.2, 0.25) is 0 Å². The highest BCUT2D eigenvalue weighted by Gasteiger charge is 2.18. The van der Waals surface area contributed by atoms with Gasteiger partial charge in [-0.2, -0.15) is 0 Å². The van der Waals surface area contributed by atoms with Gasteiger partial charge < -0.3 is 15.8 Å². The summed E-state index contributed by atoms with van der Waals surface area (Å²) in [5.74, 6) is 0.683. The minimum Gasteiger partial charge on any atom is -0.480 e. The van der Waals surface area contributed by atoms with Gasteiger partial charge in [0.1, 0.15) is 5.75 Å². The van der Waals surface area contributed by atoms with E-state index in [-0.39, 0.29) is 11.9 Å². The van der Waals surface area contributed by atoms with E-state index in [2.05, 4.69) is 5.32 Å². The molecule has 0 aliphatic carbocycles. The molecule has 1 aromatic rings. The summed E-state index contributed by atoms with van der Waals surface area (Å²) in [6.45, 7) is 6.42. The zero-order valence-electron chi connectivity index (χ0n) is 12.0. The first-order valence-electron chi connectivity index (χ1n) is 6.80. The lowest BCUT2D eigenvalue weighted by atomic mass is 10.2. The molecule has 1 aromatic carbocycles. The van der Waals surface area contributed by atoms with Crippen LogP contribution in [-0.4, -0.2) is 24.6 Å². The molecule has 4 heteroatoms. The van der Waals surface area contributed by atoms with E-state index in [4.69, 9.17) is 10.5 Å². The largest absolute Gasteiger partial charge is 0.480 e. The van der Waals surface area contributed by atoms with E-state index >= 15 is 0 Å². The Hall–Kier alpha value is -1.55. The molecule has 0 heterocycles. The van der Waals surface area contributed by atoms with Crippen LogP contribution in [0.5, 0.6) is 5.75 Å². The number of nitrogens with one attached hydrogen (secondary N) is 1. The molecule has 4 nitrogen and oxygen atoms in total. The second-order valence-electron chi connectivity index (χ2n) is 4.84. The van der Waals surface area contributed by atoms with Crippen molar-refractivity contribution in [1.29, 1.82) is 0 Å². The molecule has 19 heavy (non-hydrogen) atoms. The number of rotatable bonds is 7. The Balaban J connectivity index is 2.53. The highest BCUT2D eigenvalue weighted by atomic mass is 16.5. The van der Waals surface area contributed by atoms with Crippen LogP contribution in [0.3, 0.4) is 0 Å². The lowest BCUT2D eigenvalue weighted by Gasteiger charge is -2.18. The van der Waals surface area contributed by atoms with Gasteiger partial charge in [0.25, 0.3) is 5.91 Å². The van der Waals surface area contributed by atoms with Crippen LogP contribution < -0.4 is 15.8 Å². The smallest absolute Gasteiger partial charge is 0.261 e. The van der Waals surface area contributed by atoms with Gasteiger partial charge in [0.15, 0.2) is 6.10 Å². The third kappa shape index (κ3) is 5.30. The second kappa shape index (κ2) is 7.79. The zero-order chi connectivity index (χ0) is 14.3. The maximum Gasteiger partial charge on any atom is 0.261 e. The van der Waals surface area contributed by atoms with Gasteiger partial charge >= 0.3 is 0 Å². The maximum atomic E-state index is 12.0. The van der Waals surface area contributed by atoms with E-state index in [0.29, 0.717) is 13.0 Å². The molecule has 0 aliphatic rings. The van der Waals surface area contributed by atoms with Crippen LogP contribution in [0, 0.1) is 6.92 Å². The molecular formula is C15H24N2O2. The summed E-state index contributed by atoms with van der Waals surface area (Å²) in [6, 6.07) is 7.80. The summed E-state index contributed by atoms with van der Waals surface area (Å²) in [7, 11) is 0. The lowest BCUT2D eigenvalue weighted by Crippen LogP contribution is -2.39. The standard InChI is InChI=1S/C15H24N2O2/c1-4-13(15(18)17-10-9-12(3)16)19-14-8-6-5-7-11(14)2/h5-8,12-13H,4,9-10,16H2,1-3H3,(H,17,18). The molecule has 0 spiro atoms. The van der Waals surface area contributed by atoms with Crippen LogP contribution >= 0.6 is 0 Å². The van der Waals surface area contributed by atoms with Crippen molar-refractivity contribution in [1.82, 2.24) is 5.32 Å². The van der Waals surface area contributed by atoms with Crippen molar-refractivity contribution in [3.05, 3.63) is 29.8 Å². The molecule has 0 saturated heterocycles. The molecule has 0 aliphatic heterocycles. The molecule has 0 saturated carbocycles. The van der Waals surface area contributed by atoms with Gasteiger partial charge in [0, 0.05) is 12.6 Å². The molecule has 0 radical (unpaired) electrons. The summed E-state index contributed by atoms with van der Waals surface area (Å²) >= 11 is 0. The number of ether oxygens (including phenoxy) is 1. The number of amides is 1. The Bertz CT molecular complexity index is 405. The van der Waals surface area contributed by atoms with Gasteiger partial charge in [-0.05, 0) is 38.3 Å². The quantitative estimate of drug-likeness (QED) is 0.791. The van der Waals surface area contributed by atoms with E-state index in [9.17, 15) is 4.79 Å². The SMILES string of the molecule is CCC(Oc1ccccc1C)C(=O)NCCC(C)N. The lowest BCUT2D eigenvalue weighted by molar-refractivity contribution is -0.128. The summed E-state index contributed by atoms with van der Waals surface area (Å²) in [5.41, 5.74) is 6.68. The van der Waals surface area contributed by atoms with Gasteiger partial charge in [-0.1, -0.05) is 25.1 Å². The second-order valence-corrected chi connectivity index (χ2v) is 4.84. The third-order valence-electron chi connectivity index (χ3n) is 2.92. The topological polar surface area (TPSA) is 64.3 Å². The fourth-order valence-corrected chi connectivity index (χ4v) is 1.70. The number of hydrogen-bond acceptors (Lipinski definition) is 3. The Morgan fingerprint density at radius 2 is 2.11 bits per heavy atom. The van der Waals surface area contributed by atoms with E-state index in [1.165, 1.54) is 0 Å². The van der Waals surface area contributed by atoms with E-state index in [1.54, 1.807) is 0 Å². The van der Waals surface area contributed by atoms with Crippen LogP contribution in [0.15, 0.2) is 24.3 Å². The number of carbonyl (C=O) groups excluding carboxylic acids is 1. The fraction of sp³-hybridized carbons (Fsp3) is 0.533. The first-order chi connectivity index (χ1) is 9.04. The summed E-state index contributed by atoms with van der Waals surface area (Å²) in [4.78, 5) is 12.0. The van der Waals surface area contributed by atoms with Gasteiger partial charge in [0.05, 0.1) is 0 Å². The van der Waals surface area contributed by atoms with Crippen LogP contribution in [0.25, 0.3) is 0 Å². The average molecular weight is 264 g/mol. The molecule has 2 atom stereocenters. The molecule has 106 valence electrons. The van der Waals surface area contributed by atoms with Crippen molar-refractivity contribution in [2.45, 2.75) is 45.8 Å². The highest BCUT2D eigenvalue weighted by Crippen LogP contribution is 2.18. The highest BCUT2D eigenvalue weighted by molar-refractivity contribution is 5.81. The Morgan fingerprint density at radius 3 is 2.68 bits per heavy atom. The molecule has 0 bridgehead atoms. The minimum absolute atomic E-state index is 0.0774. The third-order valence-corrected chi connectivity index (χ3v) is 2.92. The summed E-state index contributed by atoms with van der Waals surface area (Å²) in [6.07, 6.45) is 0.958. The minimum atomic E-state index is -0.450. The van der Waals surface area contributed by atoms with E-state index < -0.39 is 6.10 Å². The van der Waals surface area contributed by atoms with E-state index in [0.717, 1.165) is 17.7 Å². The predicted octanol–water partition coefficient (Wildman–Crippen LogP) is 2.01.